The lowest BCUT2D eigenvalue weighted by Crippen LogP contribution is -2.33. The molecule has 0 amide bonds. The third-order valence-electron chi connectivity index (χ3n) is 4.70. The van der Waals surface area contributed by atoms with Crippen molar-refractivity contribution in [2.75, 3.05) is 11.9 Å². The number of hydrogen-bond acceptors (Lipinski definition) is 6. The number of rotatable bonds is 5. The van der Waals surface area contributed by atoms with Crippen molar-refractivity contribution in [3.63, 3.8) is 0 Å². The summed E-state index contributed by atoms with van der Waals surface area (Å²) in [6, 6.07) is 10.5. The van der Waals surface area contributed by atoms with Gasteiger partial charge in [0.05, 0.1) is 0 Å². The molecule has 3 aromatic rings. The highest BCUT2D eigenvalue weighted by atomic mass is 15.2. The number of aromatic nitrogens is 4. The van der Waals surface area contributed by atoms with Crippen LogP contribution >= 0.6 is 0 Å². The monoisotopic (exact) mass is 346 g/mol. The van der Waals surface area contributed by atoms with Crippen LogP contribution in [0.1, 0.15) is 36.4 Å². The Hall–Kier alpha value is -2.86. The predicted molar refractivity (Wildman–Crippen MR) is 101 cm³/mol. The third-order valence-corrected chi connectivity index (χ3v) is 4.70. The van der Waals surface area contributed by atoms with E-state index in [2.05, 4.69) is 42.3 Å². The zero-order valence-electron chi connectivity index (χ0n) is 14.6. The molecule has 1 fully saturated rings. The lowest BCUT2D eigenvalue weighted by molar-refractivity contribution is 0.140. The van der Waals surface area contributed by atoms with Gasteiger partial charge in [0.2, 0.25) is 5.95 Å². The van der Waals surface area contributed by atoms with Gasteiger partial charge < -0.3 is 5.32 Å². The van der Waals surface area contributed by atoms with E-state index < -0.39 is 0 Å². The van der Waals surface area contributed by atoms with E-state index in [1.54, 1.807) is 18.5 Å². The fraction of sp³-hybridized carbons (Fsp3) is 0.300. The smallest absolute Gasteiger partial charge is 0.228 e. The van der Waals surface area contributed by atoms with Crippen LogP contribution in [0, 0.1) is 0 Å². The standard InChI is InChI=1S/C20H22N6/c1-2-12-26(15-16-5-3-9-21-13-16)18(6-1)17-7-8-19(24-14-17)25-20-22-10-4-11-23-20/h3-5,7-11,13-14,18H,1-2,6,12,15H2,(H,22,23,24,25)/t18-/m1/s1. The molecule has 4 rings (SSSR count). The molecule has 0 aromatic carbocycles. The van der Waals surface area contributed by atoms with Gasteiger partial charge in [-0.2, -0.15) is 0 Å². The van der Waals surface area contributed by atoms with E-state index in [9.17, 15) is 0 Å². The van der Waals surface area contributed by atoms with Crippen molar-refractivity contribution in [3.8, 4) is 0 Å². The highest BCUT2D eigenvalue weighted by molar-refractivity contribution is 5.47. The predicted octanol–water partition coefficient (Wildman–Crippen LogP) is 3.74. The molecule has 1 saturated heterocycles. The molecule has 0 bridgehead atoms. The molecule has 0 aliphatic carbocycles. The Labute approximate surface area is 153 Å². The largest absolute Gasteiger partial charge is 0.309 e. The Kier molecular flexibility index (Phi) is 5.12. The summed E-state index contributed by atoms with van der Waals surface area (Å²) >= 11 is 0. The van der Waals surface area contributed by atoms with Crippen LogP contribution in [-0.4, -0.2) is 31.4 Å². The van der Waals surface area contributed by atoms with Gasteiger partial charge in [0.15, 0.2) is 0 Å². The van der Waals surface area contributed by atoms with Crippen molar-refractivity contribution in [1.82, 2.24) is 24.8 Å². The Morgan fingerprint density at radius 1 is 0.962 bits per heavy atom. The Balaban J connectivity index is 1.47. The molecule has 6 heteroatoms. The second-order valence-corrected chi connectivity index (χ2v) is 6.52. The first-order valence-electron chi connectivity index (χ1n) is 9.01. The van der Waals surface area contributed by atoms with Crippen molar-refractivity contribution in [2.24, 2.45) is 0 Å². The maximum absolute atomic E-state index is 4.56. The highest BCUT2D eigenvalue weighted by Crippen LogP contribution is 2.32. The Morgan fingerprint density at radius 2 is 1.88 bits per heavy atom. The molecule has 0 unspecified atom stereocenters. The van der Waals surface area contributed by atoms with Gasteiger partial charge in [-0.05, 0) is 48.7 Å². The average molecular weight is 346 g/mol. The number of hydrogen-bond donors (Lipinski definition) is 1. The molecule has 1 aliphatic heterocycles. The second kappa shape index (κ2) is 8.01. The quantitative estimate of drug-likeness (QED) is 0.759. The van der Waals surface area contributed by atoms with E-state index in [4.69, 9.17) is 0 Å². The molecule has 0 radical (unpaired) electrons. The van der Waals surface area contributed by atoms with Gasteiger partial charge >= 0.3 is 0 Å². The Bertz CT molecular complexity index is 807. The third kappa shape index (κ3) is 4.03. The first-order valence-corrected chi connectivity index (χ1v) is 9.01. The van der Waals surface area contributed by atoms with E-state index in [-0.39, 0.29) is 0 Å². The summed E-state index contributed by atoms with van der Waals surface area (Å²) in [4.78, 5) is 19.7. The van der Waals surface area contributed by atoms with Crippen LogP contribution in [0.15, 0.2) is 61.3 Å². The van der Waals surface area contributed by atoms with Crippen molar-refractivity contribution in [3.05, 3.63) is 72.4 Å². The molecule has 0 spiro atoms. The second-order valence-electron chi connectivity index (χ2n) is 6.52. The van der Waals surface area contributed by atoms with Crippen molar-refractivity contribution >= 4 is 11.8 Å². The molecular formula is C20H22N6. The van der Waals surface area contributed by atoms with E-state index >= 15 is 0 Å². The zero-order valence-corrected chi connectivity index (χ0v) is 14.6. The SMILES string of the molecule is c1cnc(Nc2ccc([C@H]3CCCCN3Cc3cccnc3)cn2)nc1. The maximum atomic E-state index is 4.56. The van der Waals surface area contributed by atoms with Gasteiger partial charge in [0, 0.05) is 43.6 Å². The van der Waals surface area contributed by atoms with Crippen LogP contribution < -0.4 is 5.32 Å². The van der Waals surface area contributed by atoms with Crippen LogP contribution in [0.2, 0.25) is 0 Å². The molecule has 3 aromatic heterocycles. The fourth-order valence-corrected chi connectivity index (χ4v) is 3.44. The molecule has 26 heavy (non-hydrogen) atoms. The topological polar surface area (TPSA) is 66.8 Å². The number of piperidine rings is 1. The molecule has 132 valence electrons. The molecule has 4 heterocycles. The minimum absolute atomic E-state index is 0.401. The van der Waals surface area contributed by atoms with Crippen LogP contribution in [0.25, 0.3) is 0 Å². The number of anilines is 2. The van der Waals surface area contributed by atoms with Crippen LogP contribution in [0.3, 0.4) is 0 Å². The van der Waals surface area contributed by atoms with Gasteiger partial charge in [-0.3, -0.25) is 9.88 Å². The van der Waals surface area contributed by atoms with Gasteiger partial charge in [0.25, 0.3) is 0 Å². The number of nitrogens with one attached hydrogen (secondary N) is 1. The lowest BCUT2D eigenvalue weighted by atomic mass is 9.96. The first kappa shape index (κ1) is 16.6. The maximum Gasteiger partial charge on any atom is 0.228 e. The van der Waals surface area contributed by atoms with Gasteiger partial charge in [-0.25, -0.2) is 15.0 Å². The summed E-state index contributed by atoms with van der Waals surface area (Å²) in [6.45, 7) is 2.04. The summed E-state index contributed by atoms with van der Waals surface area (Å²) in [6.07, 6.45) is 12.8. The molecule has 6 nitrogen and oxygen atoms in total. The summed E-state index contributed by atoms with van der Waals surface area (Å²) in [5, 5.41) is 3.13. The zero-order chi connectivity index (χ0) is 17.6. The normalized spacial score (nSPS) is 17.8. The molecule has 1 N–H and O–H groups in total. The molecule has 0 saturated carbocycles. The summed E-state index contributed by atoms with van der Waals surface area (Å²) in [5.41, 5.74) is 2.51. The van der Waals surface area contributed by atoms with Gasteiger partial charge in [-0.1, -0.05) is 18.6 Å². The molecule has 1 atom stereocenters. The fourth-order valence-electron chi connectivity index (χ4n) is 3.44. The summed E-state index contributed by atoms with van der Waals surface area (Å²) in [7, 11) is 0. The number of pyridine rings is 2. The lowest BCUT2D eigenvalue weighted by Gasteiger charge is -2.36. The van der Waals surface area contributed by atoms with E-state index in [0.717, 1.165) is 25.3 Å². The first-order chi connectivity index (χ1) is 12.9. The van der Waals surface area contributed by atoms with Crippen molar-refractivity contribution < 1.29 is 0 Å². The summed E-state index contributed by atoms with van der Waals surface area (Å²) in [5.74, 6) is 1.32. The van der Waals surface area contributed by atoms with E-state index in [1.807, 2.05) is 30.7 Å². The average Bonchev–Trinajstić information content (AvgIpc) is 2.71. The van der Waals surface area contributed by atoms with Crippen molar-refractivity contribution in [2.45, 2.75) is 31.8 Å². The van der Waals surface area contributed by atoms with Crippen LogP contribution in [0.5, 0.6) is 0 Å². The number of nitrogens with zero attached hydrogens (tertiary/aromatic N) is 5. The van der Waals surface area contributed by atoms with Gasteiger partial charge in [0.1, 0.15) is 5.82 Å². The molecular weight excluding hydrogens is 324 g/mol. The minimum atomic E-state index is 0.401. The minimum Gasteiger partial charge on any atom is -0.309 e. The van der Waals surface area contributed by atoms with Gasteiger partial charge in [-0.15, -0.1) is 0 Å². The van der Waals surface area contributed by atoms with Crippen LogP contribution in [0.4, 0.5) is 11.8 Å². The van der Waals surface area contributed by atoms with E-state index in [0.29, 0.717) is 12.0 Å². The van der Waals surface area contributed by atoms with E-state index in [1.165, 1.54) is 24.0 Å². The van der Waals surface area contributed by atoms with Crippen molar-refractivity contribution in [1.29, 1.82) is 0 Å². The highest BCUT2D eigenvalue weighted by Gasteiger charge is 2.24. The molecule has 1 aliphatic rings. The van der Waals surface area contributed by atoms with Crippen LogP contribution in [-0.2, 0) is 6.54 Å². The summed E-state index contributed by atoms with van der Waals surface area (Å²) < 4.78 is 0. The number of likely N-dealkylation sites (tertiary alicyclic amines) is 1. The Morgan fingerprint density at radius 3 is 2.65 bits per heavy atom.